The minimum atomic E-state index is -1.16. The van der Waals surface area contributed by atoms with E-state index in [1.165, 1.54) is 5.56 Å². The maximum atomic E-state index is 13.0. The van der Waals surface area contributed by atoms with Gasteiger partial charge in [0.1, 0.15) is 5.54 Å². The molecule has 5 heteroatoms. The first-order valence-electron chi connectivity index (χ1n) is 9.74. The Balaban J connectivity index is 1.77. The molecule has 5 nitrogen and oxygen atoms in total. The van der Waals surface area contributed by atoms with Crippen LogP contribution in [0.1, 0.15) is 54.2 Å². The highest BCUT2D eigenvalue weighted by Gasteiger charge is 2.49. The summed E-state index contributed by atoms with van der Waals surface area (Å²) in [5.74, 6) is -0.659. The molecule has 1 heterocycles. The molecule has 0 aliphatic carbocycles. The summed E-state index contributed by atoms with van der Waals surface area (Å²) in [6.07, 6.45) is 2.90. The largest absolute Gasteiger partial charge is 0.325 e. The molecule has 1 fully saturated rings. The van der Waals surface area contributed by atoms with Crippen LogP contribution < -0.4 is 5.32 Å². The normalized spacial score (nSPS) is 19.0. The van der Waals surface area contributed by atoms with Crippen molar-refractivity contribution < 1.29 is 14.4 Å². The minimum absolute atomic E-state index is 0.256. The molecule has 0 spiro atoms. The molecule has 2 aromatic rings. The third-order valence-corrected chi connectivity index (χ3v) is 5.33. The SMILES string of the molecule is CCCc1ccc([C@]2(C)NC(=O)N(CC(=O)c3ccc(CC)cc3)C2=O)cc1. The van der Waals surface area contributed by atoms with Crippen molar-refractivity contribution in [2.24, 2.45) is 0 Å². The number of amides is 3. The molecule has 1 aliphatic rings. The van der Waals surface area contributed by atoms with Crippen LogP contribution in [0.15, 0.2) is 48.5 Å². The Hall–Kier alpha value is -2.95. The van der Waals surface area contributed by atoms with Crippen LogP contribution in [-0.4, -0.2) is 29.2 Å². The van der Waals surface area contributed by atoms with Gasteiger partial charge in [-0.15, -0.1) is 0 Å². The van der Waals surface area contributed by atoms with Gasteiger partial charge in [-0.1, -0.05) is 68.8 Å². The number of urea groups is 1. The first kappa shape index (κ1) is 19.8. The summed E-state index contributed by atoms with van der Waals surface area (Å²) in [7, 11) is 0. The summed E-state index contributed by atoms with van der Waals surface area (Å²) in [6, 6.07) is 14.4. The average Bonchev–Trinajstić information content (AvgIpc) is 2.92. The predicted molar refractivity (Wildman–Crippen MR) is 108 cm³/mol. The number of nitrogens with one attached hydrogen (secondary N) is 1. The van der Waals surface area contributed by atoms with Crippen molar-refractivity contribution in [3.8, 4) is 0 Å². The van der Waals surface area contributed by atoms with Gasteiger partial charge in [0, 0.05) is 5.56 Å². The number of Topliss-reactive ketones (excluding diaryl/α,β-unsaturated/α-hetero) is 1. The number of imide groups is 1. The lowest BCUT2D eigenvalue weighted by Crippen LogP contribution is -2.41. The van der Waals surface area contributed by atoms with E-state index in [-0.39, 0.29) is 12.3 Å². The second-order valence-corrected chi connectivity index (χ2v) is 7.37. The zero-order valence-corrected chi connectivity index (χ0v) is 16.6. The van der Waals surface area contributed by atoms with Gasteiger partial charge in [0.2, 0.25) is 0 Å². The number of benzene rings is 2. The molecule has 0 radical (unpaired) electrons. The lowest BCUT2D eigenvalue weighted by molar-refractivity contribution is -0.130. The fourth-order valence-corrected chi connectivity index (χ4v) is 3.49. The van der Waals surface area contributed by atoms with E-state index < -0.39 is 17.5 Å². The van der Waals surface area contributed by atoms with Crippen LogP contribution in [0.3, 0.4) is 0 Å². The summed E-state index contributed by atoms with van der Waals surface area (Å²) in [5, 5.41) is 2.76. The molecule has 1 N–H and O–H groups in total. The number of rotatable bonds is 7. The average molecular weight is 378 g/mol. The maximum absolute atomic E-state index is 13.0. The van der Waals surface area contributed by atoms with Crippen molar-refractivity contribution in [1.82, 2.24) is 10.2 Å². The number of nitrogens with zero attached hydrogens (tertiary/aromatic N) is 1. The summed E-state index contributed by atoms with van der Waals surface area (Å²) < 4.78 is 0. The van der Waals surface area contributed by atoms with Gasteiger partial charge in [0.25, 0.3) is 5.91 Å². The zero-order chi connectivity index (χ0) is 20.3. The van der Waals surface area contributed by atoms with E-state index in [1.807, 2.05) is 43.3 Å². The monoisotopic (exact) mass is 378 g/mol. The highest BCUT2D eigenvalue weighted by Crippen LogP contribution is 2.29. The summed E-state index contributed by atoms with van der Waals surface area (Å²) in [4.78, 5) is 39.1. The van der Waals surface area contributed by atoms with E-state index in [1.54, 1.807) is 19.1 Å². The fourth-order valence-electron chi connectivity index (χ4n) is 3.49. The zero-order valence-electron chi connectivity index (χ0n) is 16.6. The summed E-state index contributed by atoms with van der Waals surface area (Å²) in [6.45, 7) is 5.57. The van der Waals surface area contributed by atoms with Gasteiger partial charge in [0.15, 0.2) is 5.78 Å². The minimum Gasteiger partial charge on any atom is -0.319 e. The second kappa shape index (κ2) is 7.97. The van der Waals surface area contributed by atoms with E-state index in [0.29, 0.717) is 11.1 Å². The third kappa shape index (κ3) is 3.70. The third-order valence-electron chi connectivity index (χ3n) is 5.33. The fraction of sp³-hybridized carbons (Fsp3) is 0.348. The van der Waals surface area contributed by atoms with Gasteiger partial charge in [-0.05, 0) is 36.5 Å². The first-order chi connectivity index (χ1) is 13.4. The van der Waals surface area contributed by atoms with Gasteiger partial charge in [0.05, 0.1) is 6.54 Å². The van der Waals surface area contributed by atoms with E-state index in [0.717, 1.165) is 29.7 Å². The Morgan fingerprint density at radius 1 is 0.964 bits per heavy atom. The van der Waals surface area contributed by atoms with Crippen LogP contribution >= 0.6 is 0 Å². The highest BCUT2D eigenvalue weighted by atomic mass is 16.2. The molecular formula is C23H26N2O3. The van der Waals surface area contributed by atoms with Crippen LogP contribution in [0, 0.1) is 0 Å². The molecule has 2 aromatic carbocycles. The quantitative estimate of drug-likeness (QED) is 0.588. The molecule has 28 heavy (non-hydrogen) atoms. The standard InChI is InChI=1S/C23H26N2O3/c1-4-6-17-9-13-19(14-10-17)23(3)21(27)25(22(28)24-23)15-20(26)18-11-7-16(5-2)8-12-18/h7-14H,4-6,15H2,1-3H3,(H,24,28)/t23-/m0/s1. The molecule has 0 aromatic heterocycles. The number of carbonyl (C=O) groups is 3. The van der Waals surface area contributed by atoms with Crippen LogP contribution in [-0.2, 0) is 23.2 Å². The van der Waals surface area contributed by atoms with Gasteiger partial charge in [-0.25, -0.2) is 4.79 Å². The molecule has 0 saturated carbocycles. The maximum Gasteiger partial charge on any atom is 0.325 e. The molecule has 1 aliphatic heterocycles. The molecular weight excluding hydrogens is 352 g/mol. The molecule has 3 amide bonds. The molecule has 1 saturated heterocycles. The molecule has 146 valence electrons. The lowest BCUT2D eigenvalue weighted by Gasteiger charge is -2.22. The molecule has 0 unspecified atom stereocenters. The van der Waals surface area contributed by atoms with Crippen molar-refractivity contribution >= 4 is 17.7 Å². The molecule has 3 rings (SSSR count). The van der Waals surface area contributed by atoms with Gasteiger partial charge < -0.3 is 5.32 Å². The van der Waals surface area contributed by atoms with Gasteiger partial charge in [-0.2, -0.15) is 0 Å². The smallest absolute Gasteiger partial charge is 0.319 e. The Kier molecular flexibility index (Phi) is 5.63. The van der Waals surface area contributed by atoms with Crippen molar-refractivity contribution in [3.63, 3.8) is 0 Å². The number of carbonyl (C=O) groups excluding carboxylic acids is 3. The van der Waals surface area contributed by atoms with E-state index in [4.69, 9.17) is 0 Å². The lowest BCUT2D eigenvalue weighted by atomic mass is 9.91. The Bertz CT molecular complexity index is 887. The predicted octanol–water partition coefficient (Wildman–Crippen LogP) is 3.85. The Morgan fingerprint density at radius 3 is 2.14 bits per heavy atom. The second-order valence-electron chi connectivity index (χ2n) is 7.37. The van der Waals surface area contributed by atoms with E-state index in [9.17, 15) is 14.4 Å². The molecule has 1 atom stereocenters. The van der Waals surface area contributed by atoms with Crippen LogP contribution in [0.2, 0.25) is 0 Å². The van der Waals surface area contributed by atoms with Crippen LogP contribution in [0.25, 0.3) is 0 Å². The topological polar surface area (TPSA) is 66.5 Å². The van der Waals surface area contributed by atoms with E-state index >= 15 is 0 Å². The molecule has 0 bridgehead atoms. The number of aryl methyl sites for hydroxylation is 2. The Labute approximate surface area is 165 Å². The highest BCUT2D eigenvalue weighted by molar-refractivity contribution is 6.11. The van der Waals surface area contributed by atoms with Crippen molar-refractivity contribution in [2.45, 2.75) is 45.6 Å². The van der Waals surface area contributed by atoms with Crippen molar-refractivity contribution in [3.05, 3.63) is 70.8 Å². The van der Waals surface area contributed by atoms with Crippen LogP contribution in [0.5, 0.6) is 0 Å². The van der Waals surface area contributed by atoms with Crippen molar-refractivity contribution in [1.29, 1.82) is 0 Å². The summed E-state index contributed by atoms with van der Waals surface area (Å²) >= 11 is 0. The van der Waals surface area contributed by atoms with Gasteiger partial charge >= 0.3 is 6.03 Å². The Morgan fingerprint density at radius 2 is 1.57 bits per heavy atom. The van der Waals surface area contributed by atoms with Crippen molar-refractivity contribution in [2.75, 3.05) is 6.54 Å². The number of hydrogen-bond acceptors (Lipinski definition) is 3. The number of hydrogen-bond donors (Lipinski definition) is 1. The first-order valence-corrected chi connectivity index (χ1v) is 9.74. The van der Waals surface area contributed by atoms with E-state index in [2.05, 4.69) is 12.2 Å². The summed E-state index contributed by atoms with van der Waals surface area (Å²) in [5.41, 5.74) is 2.37. The number of ketones is 1. The van der Waals surface area contributed by atoms with Crippen LogP contribution in [0.4, 0.5) is 4.79 Å². The van der Waals surface area contributed by atoms with Gasteiger partial charge in [-0.3, -0.25) is 14.5 Å².